The number of hydrogen-bond donors (Lipinski definition) is 1. The quantitative estimate of drug-likeness (QED) is 0.417. The van der Waals surface area contributed by atoms with E-state index in [1.165, 1.54) is 11.1 Å². The number of benzene rings is 2. The number of nitrogens with zero attached hydrogens (tertiary/aromatic N) is 5. The molecule has 0 spiro atoms. The van der Waals surface area contributed by atoms with Gasteiger partial charge in [-0.05, 0) is 26.3 Å². The van der Waals surface area contributed by atoms with Crippen molar-refractivity contribution in [2.75, 3.05) is 5.32 Å². The van der Waals surface area contributed by atoms with E-state index in [-0.39, 0.29) is 0 Å². The van der Waals surface area contributed by atoms with Gasteiger partial charge in [-0.3, -0.25) is 0 Å². The van der Waals surface area contributed by atoms with Gasteiger partial charge in [0.25, 0.3) is 0 Å². The molecule has 0 aliphatic rings. The summed E-state index contributed by atoms with van der Waals surface area (Å²) in [6.07, 6.45) is 0. The number of thiazole rings is 1. The van der Waals surface area contributed by atoms with Crippen LogP contribution >= 0.6 is 11.3 Å². The van der Waals surface area contributed by atoms with E-state index in [1.54, 1.807) is 11.3 Å². The molecule has 0 radical (unpaired) electrons. The van der Waals surface area contributed by atoms with Crippen molar-refractivity contribution in [2.24, 2.45) is 0 Å². The molecule has 5 rings (SSSR count). The third-order valence-electron chi connectivity index (χ3n) is 4.89. The second kappa shape index (κ2) is 7.35. The van der Waals surface area contributed by atoms with Crippen molar-refractivity contribution < 1.29 is 0 Å². The van der Waals surface area contributed by atoms with Gasteiger partial charge in [-0.1, -0.05) is 54.1 Å². The fourth-order valence-electron chi connectivity index (χ4n) is 3.52. The van der Waals surface area contributed by atoms with Crippen LogP contribution in [-0.4, -0.2) is 24.6 Å². The molecule has 0 atom stereocenters. The Labute approximate surface area is 178 Å². The lowest BCUT2D eigenvalue weighted by atomic mass is 10.0. The molecule has 3 aromatic heterocycles. The van der Waals surface area contributed by atoms with Crippen LogP contribution in [0.25, 0.3) is 27.5 Å². The van der Waals surface area contributed by atoms with Crippen LogP contribution in [-0.2, 0) is 0 Å². The second-order valence-corrected chi connectivity index (χ2v) is 8.08. The molecule has 148 valence electrons. The molecule has 0 bridgehead atoms. The Morgan fingerprint density at radius 1 is 0.900 bits per heavy atom. The van der Waals surface area contributed by atoms with Crippen molar-refractivity contribution in [1.29, 1.82) is 0 Å². The second-order valence-electron chi connectivity index (χ2n) is 7.25. The Morgan fingerprint density at radius 2 is 1.73 bits per heavy atom. The minimum Gasteiger partial charge on any atom is -0.307 e. The lowest BCUT2D eigenvalue weighted by molar-refractivity contribution is 0.982. The molecule has 7 heteroatoms. The van der Waals surface area contributed by atoms with E-state index in [1.807, 2.05) is 47.8 Å². The summed E-state index contributed by atoms with van der Waals surface area (Å²) >= 11 is 1.57. The van der Waals surface area contributed by atoms with Crippen molar-refractivity contribution in [3.8, 4) is 22.5 Å². The number of nitrogens with one attached hydrogen (secondary N) is 1. The average Bonchev–Trinajstić information content (AvgIpc) is 3.29. The molecule has 6 nitrogen and oxygen atoms in total. The van der Waals surface area contributed by atoms with Crippen LogP contribution in [0.3, 0.4) is 0 Å². The summed E-state index contributed by atoms with van der Waals surface area (Å²) in [4.78, 5) is 14.5. The van der Waals surface area contributed by atoms with Crippen LogP contribution in [0.4, 0.5) is 11.8 Å². The number of aromatic nitrogens is 5. The molecule has 0 fully saturated rings. The molecule has 1 N–H and O–H groups in total. The van der Waals surface area contributed by atoms with Gasteiger partial charge in [0.05, 0.1) is 11.4 Å². The molecule has 0 saturated heterocycles. The standard InChI is InChI=1S/C23H20N6S/c1-14-9-10-18(15(2)11-14)20-13-30-23-27-22(28-29(20)23)26-21-12-19(24-16(3)25-21)17-7-5-4-6-8-17/h4-13H,1-3H3,(H,24,25,26,28). The van der Waals surface area contributed by atoms with Crippen molar-refractivity contribution in [2.45, 2.75) is 20.8 Å². The van der Waals surface area contributed by atoms with Crippen LogP contribution in [0.1, 0.15) is 17.0 Å². The number of rotatable bonds is 4. The fourth-order valence-corrected chi connectivity index (χ4v) is 4.35. The van der Waals surface area contributed by atoms with Crippen LogP contribution in [0.15, 0.2) is 60.0 Å². The zero-order chi connectivity index (χ0) is 20.7. The van der Waals surface area contributed by atoms with Gasteiger partial charge < -0.3 is 5.32 Å². The summed E-state index contributed by atoms with van der Waals surface area (Å²) < 4.78 is 1.89. The summed E-state index contributed by atoms with van der Waals surface area (Å²) in [5, 5.41) is 10.0. The third kappa shape index (κ3) is 3.44. The van der Waals surface area contributed by atoms with Gasteiger partial charge in [-0.15, -0.1) is 16.4 Å². The Balaban J connectivity index is 1.50. The summed E-state index contributed by atoms with van der Waals surface area (Å²) in [6.45, 7) is 6.11. The highest BCUT2D eigenvalue weighted by atomic mass is 32.1. The minimum atomic E-state index is 0.518. The highest BCUT2D eigenvalue weighted by Gasteiger charge is 2.14. The van der Waals surface area contributed by atoms with Crippen LogP contribution in [0.5, 0.6) is 0 Å². The van der Waals surface area contributed by atoms with Gasteiger partial charge in [0, 0.05) is 22.6 Å². The topological polar surface area (TPSA) is 68.0 Å². The summed E-state index contributed by atoms with van der Waals surface area (Å²) in [5.74, 6) is 1.88. The van der Waals surface area contributed by atoms with Crippen LogP contribution in [0, 0.1) is 20.8 Å². The summed E-state index contributed by atoms with van der Waals surface area (Å²) in [5.41, 5.74) is 6.57. The zero-order valence-corrected chi connectivity index (χ0v) is 17.7. The lowest BCUT2D eigenvalue weighted by Crippen LogP contribution is -2.00. The van der Waals surface area contributed by atoms with Crippen molar-refractivity contribution >= 4 is 28.1 Å². The van der Waals surface area contributed by atoms with Crippen LogP contribution in [0.2, 0.25) is 0 Å². The number of fused-ring (bicyclic) bond motifs is 1. The zero-order valence-electron chi connectivity index (χ0n) is 16.9. The third-order valence-corrected chi connectivity index (χ3v) is 5.70. The average molecular weight is 413 g/mol. The van der Waals surface area contributed by atoms with Gasteiger partial charge in [0.1, 0.15) is 11.6 Å². The normalized spacial score (nSPS) is 11.2. The molecule has 0 unspecified atom stereocenters. The molecule has 0 aliphatic heterocycles. The van der Waals surface area contributed by atoms with Gasteiger partial charge >= 0.3 is 0 Å². The largest absolute Gasteiger partial charge is 0.307 e. The van der Waals surface area contributed by atoms with Crippen molar-refractivity contribution in [1.82, 2.24) is 24.6 Å². The van der Waals surface area contributed by atoms with E-state index in [9.17, 15) is 0 Å². The Kier molecular flexibility index (Phi) is 4.52. The fraction of sp³-hybridized carbons (Fsp3) is 0.130. The maximum absolute atomic E-state index is 4.68. The summed E-state index contributed by atoms with van der Waals surface area (Å²) in [7, 11) is 0. The number of hydrogen-bond acceptors (Lipinski definition) is 6. The molecule has 3 heterocycles. The van der Waals surface area contributed by atoms with E-state index in [2.05, 4.69) is 62.8 Å². The SMILES string of the molecule is Cc1ccc(-c2csc3nc(Nc4cc(-c5ccccc5)nc(C)n4)nn23)c(C)c1. The Bertz CT molecular complexity index is 1350. The minimum absolute atomic E-state index is 0.518. The molecule has 5 aromatic rings. The van der Waals surface area contributed by atoms with Gasteiger partial charge in [-0.25, -0.2) is 14.5 Å². The van der Waals surface area contributed by atoms with Crippen LogP contribution < -0.4 is 5.32 Å². The maximum atomic E-state index is 4.68. The van der Waals surface area contributed by atoms with E-state index in [0.29, 0.717) is 17.6 Å². The molecule has 0 aliphatic carbocycles. The van der Waals surface area contributed by atoms with Gasteiger partial charge in [0.15, 0.2) is 0 Å². The van der Waals surface area contributed by atoms with Gasteiger partial charge in [-0.2, -0.15) is 4.98 Å². The first-order valence-corrected chi connectivity index (χ1v) is 10.5. The van der Waals surface area contributed by atoms with Crippen molar-refractivity contribution in [3.05, 3.63) is 76.9 Å². The van der Waals surface area contributed by atoms with E-state index in [4.69, 9.17) is 0 Å². The number of anilines is 2. The first-order valence-electron chi connectivity index (χ1n) is 9.67. The predicted molar refractivity (Wildman–Crippen MR) is 121 cm³/mol. The highest BCUT2D eigenvalue weighted by Crippen LogP contribution is 2.29. The molecule has 0 saturated carbocycles. The first-order chi connectivity index (χ1) is 14.6. The maximum Gasteiger partial charge on any atom is 0.249 e. The molecule has 30 heavy (non-hydrogen) atoms. The monoisotopic (exact) mass is 412 g/mol. The smallest absolute Gasteiger partial charge is 0.249 e. The molecular weight excluding hydrogens is 392 g/mol. The van der Waals surface area contributed by atoms with Crippen molar-refractivity contribution in [3.63, 3.8) is 0 Å². The lowest BCUT2D eigenvalue weighted by Gasteiger charge is -2.07. The van der Waals surface area contributed by atoms with E-state index >= 15 is 0 Å². The Hall–Kier alpha value is -3.58. The van der Waals surface area contributed by atoms with E-state index in [0.717, 1.165) is 27.5 Å². The first kappa shape index (κ1) is 18.4. The highest BCUT2D eigenvalue weighted by molar-refractivity contribution is 7.15. The van der Waals surface area contributed by atoms with Gasteiger partial charge in [0.2, 0.25) is 10.9 Å². The summed E-state index contributed by atoms with van der Waals surface area (Å²) in [6, 6.07) is 18.4. The molecule has 2 aromatic carbocycles. The molecular formula is C23H20N6S. The molecule has 0 amide bonds. The predicted octanol–water partition coefficient (Wildman–Crippen LogP) is 5.58. The number of aryl methyl sites for hydroxylation is 3. The Morgan fingerprint density at radius 3 is 2.53 bits per heavy atom. The van der Waals surface area contributed by atoms with E-state index < -0.39 is 0 Å².